The number of nitrogens with one attached hydrogen (secondary N) is 2. The minimum absolute atomic E-state index is 0.0202. The van der Waals surface area contributed by atoms with Gasteiger partial charge in [-0.3, -0.25) is 4.99 Å². The molecular formula is C19H30ClN3O2S. The number of nitrogens with zero attached hydrogens (tertiary/aromatic N) is 1. The smallest absolute Gasteiger partial charge is 0.191 e. The van der Waals surface area contributed by atoms with Crippen LogP contribution in [0.4, 0.5) is 0 Å². The summed E-state index contributed by atoms with van der Waals surface area (Å²) in [6, 6.07) is 7.94. The number of hydrogen-bond acceptors (Lipinski definition) is 3. The summed E-state index contributed by atoms with van der Waals surface area (Å²) in [5.41, 5.74) is 1.10. The highest BCUT2D eigenvalue weighted by Crippen LogP contribution is 2.46. The summed E-state index contributed by atoms with van der Waals surface area (Å²) >= 11 is 6.07. The third kappa shape index (κ3) is 7.16. The second-order valence-corrected chi connectivity index (χ2v) is 10.9. The van der Waals surface area contributed by atoms with Gasteiger partial charge in [0.1, 0.15) is 9.84 Å². The maximum atomic E-state index is 11.6. The number of hydrogen-bond donors (Lipinski definition) is 2. The molecule has 0 amide bonds. The Morgan fingerprint density at radius 2 is 2.00 bits per heavy atom. The highest BCUT2D eigenvalue weighted by Gasteiger charge is 2.45. The molecule has 146 valence electrons. The molecule has 5 nitrogen and oxygen atoms in total. The van der Waals surface area contributed by atoms with Gasteiger partial charge >= 0.3 is 0 Å². The van der Waals surface area contributed by atoms with Crippen LogP contribution in [0.25, 0.3) is 0 Å². The summed E-state index contributed by atoms with van der Waals surface area (Å²) in [5.74, 6) is 0.952. The molecule has 0 unspecified atom stereocenters. The van der Waals surface area contributed by atoms with Crippen LogP contribution >= 0.6 is 11.6 Å². The number of halogens is 1. The van der Waals surface area contributed by atoms with Crippen molar-refractivity contribution in [2.75, 3.05) is 32.1 Å². The molecule has 2 N–H and O–H groups in total. The van der Waals surface area contributed by atoms with Crippen molar-refractivity contribution in [3.8, 4) is 0 Å². The van der Waals surface area contributed by atoms with Crippen molar-refractivity contribution in [3.05, 3.63) is 34.9 Å². The molecule has 1 aromatic rings. The van der Waals surface area contributed by atoms with E-state index in [1.807, 2.05) is 18.2 Å². The van der Waals surface area contributed by atoms with E-state index >= 15 is 0 Å². The first-order valence-corrected chi connectivity index (χ1v) is 11.3. The summed E-state index contributed by atoms with van der Waals surface area (Å²) in [6.07, 6.45) is 4.10. The van der Waals surface area contributed by atoms with Crippen molar-refractivity contribution in [2.24, 2.45) is 15.8 Å². The highest BCUT2D eigenvalue weighted by molar-refractivity contribution is 7.90. The van der Waals surface area contributed by atoms with Crippen LogP contribution < -0.4 is 10.6 Å². The van der Waals surface area contributed by atoms with Crippen LogP contribution in [0.5, 0.6) is 0 Å². The standard InChI is InChI=1S/C19H30ClN3O2S/c1-18(2,11-15-6-5-7-16(20)10-15)12-22-17(21-3)23-13-19(8-9-19)14-26(4,24)25/h5-7,10H,8-9,11-14H2,1-4H3,(H2,21,22,23). The van der Waals surface area contributed by atoms with E-state index < -0.39 is 9.84 Å². The summed E-state index contributed by atoms with van der Waals surface area (Å²) in [4.78, 5) is 4.26. The molecule has 26 heavy (non-hydrogen) atoms. The fraction of sp³-hybridized carbons (Fsp3) is 0.632. The molecular weight excluding hydrogens is 370 g/mol. The minimum Gasteiger partial charge on any atom is -0.356 e. The Labute approximate surface area is 162 Å². The Morgan fingerprint density at radius 1 is 1.31 bits per heavy atom. The average Bonchev–Trinajstić information content (AvgIpc) is 3.24. The summed E-state index contributed by atoms with van der Waals surface area (Å²) in [7, 11) is -1.23. The maximum absolute atomic E-state index is 11.6. The molecule has 0 radical (unpaired) electrons. The SMILES string of the molecule is CN=C(NCC(C)(C)Cc1cccc(Cl)c1)NCC1(CS(C)(=O)=O)CC1. The molecule has 1 aliphatic carbocycles. The molecule has 7 heteroatoms. The van der Waals surface area contributed by atoms with Gasteiger partial charge in [-0.1, -0.05) is 37.6 Å². The van der Waals surface area contributed by atoms with E-state index in [-0.39, 0.29) is 16.6 Å². The monoisotopic (exact) mass is 399 g/mol. The second-order valence-electron chi connectivity index (χ2n) is 8.32. The molecule has 0 heterocycles. The van der Waals surface area contributed by atoms with Gasteiger partial charge in [-0.25, -0.2) is 8.42 Å². The lowest BCUT2D eigenvalue weighted by Gasteiger charge is -2.27. The van der Waals surface area contributed by atoms with Gasteiger partial charge in [0, 0.05) is 36.8 Å². The first kappa shape index (κ1) is 21.0. The van der Waals surface area contributed by atoms with Gasteiger partial charge < -0.3 is 10.6 Å². The lowest BCUT2D eigenvalue weighted by atomic mass is 9.86. The van der Waals surface area contributed by atoms with Crippen LogP contribution in [-0.2, 0) is 16.3 Å². The largest absolute Gasteiger partial charge is 0.356 e. The Balaban J connectivity index is 1.84. The van der Waals surface area contributed by atoms with Crippen LogP contribution in [0.2, 0.25) is 5.02 Å². The van der Waals surface area contributed by atoms with E-state index in [0.717, 1.165) is 30.8 Å². The Kier molecular flexibility index (Phi) is 6.61. The van der Waals surface area contributed by atoms with E-state index in [1.54, 1.807) is 7.05 Å². The normalized spacial score (nSPS) is 17.0. The highest BCUT2D eigenvalue weighted by atomic mass is 35.5. The Morgan fingerprint density at radius 3 is 2.54 bits per heavy atom. The third-order valence-corrected chi connectivity index (χ3v) is 6.06. The number of rotatable bonds is 8. The molecule has 0 aromatic heterocycles. The van der Waals surface area contributed by atoms with Gasteiger partial charge in [-0.05, 0) is 42.4 Å². The van der Waals surface area contributed by atoms with Crippen LogP contribution in [0.3, 0.4) is 0 Å². The third-order valence-electron chi connectivity index (χ3n) is 4.69. The first-order chi connectivity index (χ1) is 12.0. The van der Waals surface area contributed by atoms with E-state index in [0.29, 0.717) is 12.5 Å². The number of aliphatic imine (C=N–C) groups is 1. The average molecular weight is 400 g/mol. The van der Waals surface area contributed by atoms with Crippen molar-refractivity contribution in [1.82, 2.24) is 10.6 Å². The maximum Gasteiger partial charge on any atom is 0.191 e. The quantitative estimate of drug-likeness (QED) is 0.520. The van der Waals surface area contributed by atoms with Gasteiger partial charge in [0.15, 0.2) is 5.96 Å². The summed E-state index contributed by atoms with van der Waals surface area (Å²) < 4.78 is 23.1. The molecule has 1 aromatic carbocycles. The second kappa shape index (κ2) is 8.17. The van der Waals surface area contributed by atoms with E-state index in [1.165, 1.54) is 11.8 Å². The zero-order chi connectivity index (χ0) is 19.4. The van der Waals surface area contributed by atoms with Crippen molar-refractivity contribution in [1.29, 1.82) is 0 Å². The van der Waals surface area contributed by atoms with Gasteiger partial charge in [-0.2, -0.15) is 0 Å². The predicted octanol–water partition coefficient (Wildman–Crippen LogP) is 2.90. The number of guanidine groups is 1. The van der Waals surface area contributed by atoms with E-state index in [9.17, 15) is 8.42 Å². The lowest BCUT2D eigenvalue weighted by molar-refractivity contribution is 0.358. The molecule has 1 saturated carbocycles. The fourth-order valence-electron chi connectivity index (χ4n) is 3.18. The van der Waals surface area contributed by atoms with Crippen LogP contribution in [0.1, 0.15) is 32.3 Å². The van der Waals surface area contributed by atoms with Gasteiger partial charge in [0.25, 0.3) is 0 Å². The number of sulfone groups is 1. The van der Waals surface area contributed by atoms with E-state index in [4.69, 9.17) is 11.6 Å². The molecule has 0 aliphatic heterocycles. The minimum atomic E-state index is -2.96. The van der Waals surface area contributed by atoms with Crippen LogP contribution in [0, 0.1) is 10.8 Å². The summed E-state index contributed by atoms with van der Waals surface area (Å²) in [6.45, 7) is 5.77. The Hall–Kier alpha value is -1.27. The van der Waals surface area contributed by atoms with E-state index in [2.05, 4.69) is 35.5 Å². The van der Waals surface area contributed by atoms with Crippen LogP contribution in [0.15, 0.2) is 29.3 Å². The lowest BCUT2D eigenvalue weighted by Crippen LogP contribution is -2.45. The van der Waals surface area contributed by atoms with Crippen LogP contribution in [-0.4, -0.2) is 46.5 Å². The van der Waals surface area contributed by atoms with Crippen molar-refractivity contribution in [2.45, 2.75) is 33.1 Å². The predicted molar refractivity (Wildman–Crippen MR) is 110 cm³/mol. The van der Waals surface area contributed by atoms with Crippen molar-refractivity contribution in [3.63, 3.8) is 0 Å². The molecule has 0 spiro atoms. The Bertz CT molecular complexity index is 756. The fourth-order valence-corrected chi connectivity index (χ4v) is 4.90. The van der Waals surface area contributed by atoms with Crippen molar-refractivity contribution < 1.29 is 8.42 Å². The number of benzene rings is 1. The molecule has 0 atom stereocenters. The molecule has 1 fully saturated rings. The topological polar surface area (TPSA) is 70.6 Å². The van der Waals surface area contributed by atoms with Gasteiger partial charge in [0.05, 0.1) is 5.75 Å². The molecule has 0 saturated heterocycles. The van der Waals surface area contributed by atoms with Gasteiger partial charge in [-0.15, -0.1) is 0 Å². The van der Waals surface area contributed by atoms with Gasteiger partial charge in [0.2, 0.25) is 0 Å². The molecule has 1 aliphatic rings. The molecule has 2 rings (SSSR count). The van der Waals surface area contributed by atoms with Crippen molar-refractivity contribution >= 4 is 27.4 Å². The first-order valence-electron chi connectivity index (χ1n) is 8.89. The zero-order valence-electron chi connectivity index (χ0n) is 16.1. The summed E-state index contributed by atoms with van der Waals surface area (Å²) in [5, 5.41) is 7.41. The zero-order valence-corrected chi connectivity index (χ0v) is 17.7. The molecule has 0 bridgehead atoms.